The van der Waals surface area contributed by atoms with Gasteiger partial charge in [0.1, 0.15) is 12.4 Å². The number of carbonyl (C=O) groups is 1. The molecular formula is C24H30F4N4O4. The molecule has 0 saturated heterocycles. The zero-order valence-corrected chi connectivity index (χ0v) is 19.8. The smallest absolute Gasteiger partial charge is 0.460 e. The molecule has 8 nitrogen and oxygen atoms in total. The van der Waals surface area contributed by atoms with Gasteiger partial charge < -0.3 is 10.4 Å². The molecule has 0 amide bonds. The maximum absolute atomic E-state index is 15.1. The maximum Gasteiger partial charge on any atom is 0.460 e. The highest BCUT2D eigenvalue weighted by atomic mass is 19.4. The van der Waals surface area contributed by atoms with Crippen LogP contribution in [0, 0.1) is 5.82 Å². The van der Waals surface area contributed by atoms with E-state index in [2.05, 4.69) is 5.32 Å². The SMILES string of the molecule is O=C(O)CN(CCn1c(=O)c2cc(F)c(NC3CCCCC3)cc2n(C2CCCC2)c1=O)C(F)(F)F. The van der Waals surface area contributed by atoms with E-state index in [4.69, 9.17) is 5.11 Å². The Morgan fingerprint density at radius 3 is 2.31 bits per heavy atom. The topological polar surface area (TPSA) is 96.6 Å². The number of nitrogens with one attached hydrogen (secondary N) is 1. The van der Waals surface area contributed by atoms with Crippen molar-refractivity contribution in [3.63, 3.8) is 0 Å². The van der Waals surface area contributed by atoms with E-state index in [1.165, 1.54) is 10.6 Å². The number of carboxylic acids is 1. The number of benzene rings is 1. The number of anilines is 1. The molecule has 1 aromatic heterocycles. The van der Waals surface area contributed by atoms with E-state index in [-0.39, 0.29) is 33.6 Å². The number of rotatable bonds is 8. The monoisotopic (exact) mass is 514 g/mol. The largest absolute Gasteiger partial charge is 0.480 e. The van der Waals surface area contributed by atoms with Crippen LogP contribution in [0.4, 0.5) is 23.2 Å². The van der Waals surface area contributed by atoms with Gasteiger partial charge in [0.05, 0.1) is 16.6 Å². The first-order chi connectivity index (χ1) is 17.1. The van der Waals surface area contributed by atoms with Crippen LogP contribution >= 0.6 is 0 Å². The average molecular weight is 515 g/mol. The number of aromatic nitrogens is 2. The second kappa shape index (κ2) is 10.6. The summed E-state index contributed by atoms with van der Waals surface area (Å²) in [5, 5.41) is 11.9. The molecule has 1 aromatic carbocycles. The van der Waals surface area contributed by atoms with Gasteiger partial charge in [-0.3, -0.25) is 18.7 Å². The zero-order chi connectivity index (χ0) is 26.0. The molecule has 2 saturated carbocycles. The normalized spacial score (nSPS) is 17.8. The molecule has 2 aliphatic carbocycles. The lowest BCUT2D eigenvalue weighted by molar-refractivity contribution is -0.246. The van der Waals surface area contributed by atoms with Crippen LogP contribution in [0.2, 0.25) is 0 Å². The van der Waals surface area contributed by atoms with Crippen LogP contribution in [-0.4, -0.2) is 50.5 Å². The molecular weight excluding hydrogens is 484 g/mol. The lowest BCUT2D eigenvalue weighted by Crippen LogP contribution is -2.47. The summed E-state index contributed by atoms with van der Waals surface area (Å²) in [5.74, 6) is -2.36. The van der Waals surface area contributed by atoms with E-state index in [0.29, 0.717) is 17.4 Å². The number of hydrogen-bond acceptors (Lipinski definition) is 5. The van der Waals surface area contributed by atoms with Gasteiger partial charge in [0.15, 0.2) is 0 Å². The third-order valence-corrected chi connectivity index (χ3v) is 7.19. The first-order valence-corrected chi connectivity index (χ1v) is 12.3. The van der Waals surface area contributed by atoms with Crippen molar-refractivity contribution < 1.29 is 27.5 Å². The number of fused-ring (bicyclic) bond motifs is 1. The van der Waals surface area contributed by atoms with Crippen molar-refractivity contribution in [3.05, 3.63) is 38.8 Å². The standard InChI is InChI=1S/C24H30F4N4O4/c25-18-12-17-20(13-19(18)29-15-6-2-1-3-7-15)32(16-8-4-5-9-16)23(36)31(22(17)35)11-10-30(14-21(33)34)24(26,27)28/h12-13,15-16,29H,1-11,14H2,(H,33,34). The van der Waals surface area contributed by atoms with Crippen LogP contribution in [0.3, 0.4) is 0 Å². The number of alkyl halides is 3. The first kappa shape index (κ1) is 26.2. The Hall–Kier alpha value is -2.89. The van der Waals surface area contributed by atoms with E-state index in [1.807, 2.05) is 0 Å². The summed E-state index contributed by atoms with van der Waals surface area (Å²) in [5.41, 5.74) is -1.22. The van der Waals surface area contributed by atoms with Gasteiger partial charge in [0, 0.05) is 25.2 Å². The van der Waals surface area contributed by atoms with Crippen LogP contribution in [0.25, 0.3) is 10.9 Å². The fraction of sp³-hybridized carbons (Fsp3) is 0.625. The molecule has 1 heterocycles. The van der Waals surface area contributed by atoms with Crippen molar-refractivity contribution >= 4 is 22.6 Å². The van der Waals surface area contributed by atoms with Gasteiger partial charge in [-0.25, -0.2) is 14.1 Å². The Kier molecular flexibility index (Phi) is 7.72. The molecule has 0 radical (unpaired) electrons. The van der Waals surface area contributed by atoms with Crippen LogP contribution < -0.4 is 16.6 Å². The molecule has 0 atom stereocenters. The number of aliphatic carboxylic acids is 1. The summed E-state index contributed by atoms with van der Waals surface area (Å²) < 4.78 is 57.0. The first-order valence-electron chi connectivity index (χ1n) is 12.3. The molecule has 2 aliphatic rings. The van der Waals surface area contributed by atoms with E-state index < -0.39 is 49.0 Å². The molecule has 12 heteroatoms. The second-order valence-corrected chi connectivity index (χ2v) is 9.66. The quantitative estimate of drug-likeness (QED) is 0.407. The Labute approximate surface area is 204 Å². The summed E-state index contributed by atoms with van der Waals surface area (Å²) in [6, 6.07) is 2.33. The van der Waals surface area contributed by atoms with Crippen molar-refractivity contribution in [2.24, 2.45) is 0 Å². The maximum atomic E-state index is 15.1. The Bertz CT molecular complexity index is 1230. The minimum Gasteiger partial charge on any atom is -0.480 e. The summed E-state index contributed by atoms with van der Waals surface area (Å²) in [4.78, 5) is 37.3. The molecule has 36 heavy (non-hydrogen) atoms. The van der Waals surface area contributed by atoms with Crippen LogP contribution in [-0.2, 0) is 11.3 Å². The van der Waals surface area contributed by atoms with E-state index in [9.17, 15) is 27.6 Å². The Morgan fingerprint density at radius 2 is 1.69 bits per heavy atom. The fourth-order valence-electron chi connectivity index (χ4n) is 5.37. The highest BCUT2D eigenvalue weighted by molar-refractivity contribution is 5.82. The molecule has 0 spiro atoms. The fourth-order valence-corrected chi connectivity index (χ4v) is 5.37. The molecule has 0 bridgehead atoms. The van der Waals surface area contributed by atoms with E-state index in [0.717, 1.165) is 51.0 Å². The number of carboxylic acid groups (broad SMARTS) is 1. The molecule has 2 fully saturated rings. The minimum atomic E-state index is -4.96. The summed E-state index contributed by atoms with van der Waals surface area (Å²) in [7, 11) is 0. The lowest BCUT2D eigenvalue weighted by atomic mass is 9.95. The zero-order valence-electron chi connectivity index (χ0n) is 19.8. The van der Waals surface area contributed by atoms with Gasteiger partial charge in [0.2, 0.25) is 0 Å². The van der Waals surface area contributed by atoms with Gasteiger partial charge in [-0.15, -0.1) is 0 Å². The second-order valence-electron chi connectivity index (χ2n) is 9.66. The van der Waals surface area contributed by atoms with Gasteiger partial charge in [-0.1, -0.05) is 32.1 Å². The van der Waals surface area contributed by atoms with Crippen molar-refractivity contribution in [1.82, 2.24) is 14.0 Å². The van der Waals surface area contributed by atoms with Crippen molar-refractivity contribution in [2.75, 3.05) is 18.4 Å². The van der Waals surface area contributed by atoms with Crippen molar-refractivity contribution in [3.8, 4) is 0 Å². The highest BCUT2D eigenvalue weighted by Crippen LogP contribution is 2.32. The molecule has 2 N–H and O–H groups in total. The number of halogens is 4. The summed E-state index contributed by atoms with van der Waals surface area (Å²) in [6.45, 7) is -2.92. The van der Waals surface area contributed by atoms with Gasteiger partial charge in [0.25, 0.3) is 5.56 Å². The predicted molar refractivity (Wildman–Crippen MR) is 126 cm³/mol. The van der Waals surface area contributed by atoms with Crippen molar-refractivity contribution in [1.29, 1.82) is 0 Å². The van der Waals surface area contributed by atoms with E-state index in [1.54, 1.807) is 0 Å². The molecule has 0 aliphatic heterocycles. The Morgan fingerprint density at radius 1 is 1.06 bits per heavy atom. The average Bonchev–Trinajstić information content (AvgIpc) is 3.34. The van der Waals surface area contributed by atoms with Gasteiger partial charge in [-0.05, 0) is 37.8 Å². The molecule has 2 aromatic rings. The summed E-state index contributed by atoms with van der Waals surface area (Å²) in [6.07, 6.45) is 3.02. The molecule has 4 rings (SSSR count). The number of hydrogen-bond donors (Lipinski definition) is 2. The van der Waals surface area contributed by atoms with Gasteiger partial charge in [-0.2, -0.15) is 13.2 Å². The molecule has 0 unspecified atom stereocenters. The highest BCUT2D eigenvalue weighted by Gasteiger charge is 2.38. The van der Waals surface area contributed by atoms with Crippen LogP contribution in [0.5, 0.6) is 0 Å². The van der Waals surface area contributed by atoms with Gasteiger partial charge >= 0.3 is 18.0 Å². The van der Waals surface area contributed by atoms with Crippen LogP contribution in [0.15, 0.2) is 21.7 Å². The van der Waals surface area contributed by atoms with Crippen molar-refractivity contribution in [2.45, 2.75) is 82.7 Å². The summed E-state index contributed by atoms with van der Waals surface area (Å²) >= 11 is 0. The third kappa shape index (κ3) is 5.58. The predicted octanol–water partition coefficient (Wildman–Crippen LogP) is 4.07. The minimum absolute atomic E-state index is 0.0836. The lowest BCUT2D eigenvalue weighted by Gasteiger charge is -2.26. The van der Waals surface area contributed by atoms with Crippen LogP contribution in [0.1, 0.15) is 63.8 Å². The van der Waals surface area contributed by atoms with E-state index >= 15 is 4.39 Å². The number of nitrogens with zero attached hydrogens (tertiary/aromatic N) is 3. The molecule has 198 valence electrons. The Balaban J connectivity index is 1.78. The third-order valence-electron chi connectivity index (χ3n) is 7.19.